The van der Waals surface area contributed by atoms with Crippen molar-refractivity contribution in [2.45, 2.75) is 13.5 Å². The van der Waals surface area contributed by atoms with E-state index in [1.807, 2.05) is 26.1 Å². The first kappa shape index (κ1) is 12.0. The molecule has 1 aromatic carbocycles. The zero-order valence-electron chi connectivity index (χ0n) is 9.77. The fourth-order valence-corrected chi connectivity index (χ4v) is 1.78. The monoisotopic (exact) mass is 251 g/mol. The average molecular weight is 252 g/mol. The molecule has 0 aliphatic heterocycles. The Morgan fingerprint density at radius 2 is 2.00 bits per heavy atom. The molecule has 2 rings (SSSR count). The van der Waals surface area contributed by atoms with E-state index in [0.717, 1.165) is 11.3 Å². The molecule has 4 nitrogen and oxygen atoms in total. The van der Waals surface area contributed by atoms with Crippen LogP contribution in [-0.2, 0) is 13.6 Å². The Balaban J connectivity index is 2.32. The molecule has 0 spiro atoms. The van der Waals surface area contributed by atoms with Crippen molar-refractivity contribution in [1.29, 1.82) is 0 Å². The second kappa shape index (κ2) is 4.77. The Labute approximate surface area is 105 Å². The number of ether oxygens (including phenoxy) is 1. The van der Waals surface area contributed by atoms with Crippen LogP contribution in [0.3, 0.4) is 0 Å². The summed E-state index contributed by atoms with van der Waals surface area (Å²) in [7, 11) is 1.83. The van der Waals surface area contributed by atoms with Gasteiger partial charge in [-0.25, -0.2) is 4.68 Å². The zero-order valence-corrected chi connectivity index (χ0v) is 10.5. The lowest BCUT2D eigenvalue weighted by Crippen LogP contribution is -2.01. The summed E-state index contributed by atoms with van der Waals surface area (Å²) in [5.74, 6) is 1.39. The van der Waals surface area contributed by atoms with Crippen molar-refractivity contribution in [3.05, 3.63) is 40.5 Å². The molecule has 0 fully saturated rings. The molecule has 1 heterocycles. The molecule has 90 valence electrons. The second-order valence-electron chi connectivity index (χ2n) is 3.75. The largest absolute Gasteiger partial charge is 0.439 e. The molecule has 2 aromatic rings. The highest BCUT2D eigenvalue weighted by Gasteiger charge is 2.13. The predicted octanol–water partition coefficient (Wildman–Crippen LogP) is 2.63. The summed E-state index contributed by atoms with van der Waals surface area (Å²) in [5, 5.41) is 4.96. The summed E-state index contributed by atoms with van der Waals surface area (Å²) in [6.07, 6.45) is 0. The number of hydrogen-bond acceptors (Lipinski definition) is 3. The van der Waals surface area contributed by atoms with E-state index in [1.165, 1.54) is 0 Å². The van der Waals surface area contributed by atoms with Crippen LogP contribution in [0.1, 0.15) is 11.3 Å². The fraction of sp³-hybridized carbons (Fsp3) is 0.250. The van der Waals surface area contributed by atoms with Crippen LogP contribution in [0, 0.1) is 6.92 Å². The number of nitrogens with two attached hydrogens (primary N) is 1. The molecule has 0 radical (unpaired) electrons. The van der Waals surface area contributed by atoms with Gasteiger partial charge in [0.1, 0.15) is 5.75 Å². The standard InChI is InChI=1S/C12H14ClN3O/c1-8-11(7-14)12(16(2)15-8)17-10-5-3-9(13)4-6-10/h3-6H,7,14H2,1-2H3. The van der Waals surface area contributed by atoms with Crippen LogP contribution in [0.5, 0.6) is 11.6 Å². The van der Waals surface area contributed by atoms with Gasteiger partial charge in [0, 0.05) is 18.6 Å². The minimum Gasteiger partial charge on any atom is -0.439 e. The minimum atomic E-state index is 0.405. The number of benzene rings is 1. The lowest BCUT2D eigenvalue weighted by Gasteiger charge is -2.07. The first-order valence-electron chi connectivity index (χ1n) is 5.27. The van der Waals surface area contributed by atoms with Gasteiger partial charge in [0.2, 0.25) is 5.88 Å². The van der Waals surface area contributed by atoms with Crippen molar-refractivity contribution in [3.8, 4) is 11.6 Å². The summed E-state index contributed by atoms with van der Waals surface area (Å²) >= 11 is 5.82. The van der Waals surface area contributed by atoms with Crippen LogP contribution in [-0.4, -0.2) is 9.78 Å². The first-order chi connectivity index (χ1) is 8.11. The maximum atomic E-state index is 5.82. The molecule has 0 aliphatic rings. The second-order valence-corrected chi connectivity index (χ2v) is 4.19. The van der Waals surface area contributed by atoms with E-state index in [2.05, 4.69) is 5.10 Å². The molecule has 0 unspecified atom stereocenters. The maximum Gasteiger partial charge on any atom is 0.222 e. The third-order valence-corrected chi connectivity index (χ3v) is 2.77. The van der Waals surface area contributed by atoms with E-state index in [-0.39, 0.29) is 0 Å². The molecular formula is C12H14ClN3O. The molecule has 0 saturated heterocycles. The minimum absolute atomic E-state index is 0.405. The highest BCUT2D eigenvalue weighted by molar-refractivity contribution is 6.30. The van der Waals surface area contributed by atoms with Crippen LogP contribution in [0.2, 0.25) is 5.02 Å². The van der Waals surface area contributed by atoms with Gasteiger partial charge in [0.05, 0.1) is 11.3 Å². The number of nitrogens with zero attached hydrogens (tertiary/aromatic N) is 2. The van der Waals surface area contributed by atoms with Gasteiger partial charge in [0.25, 0.3) is 0 Å². The average Bonchev–Trinajstić information content (AvgIpc) is 2.57. The van der Waals surface area contributed by atoms with Crippen LogP contribution >= 0.6 is 11.6 Å². The normalized spacial score (nSPS) is 10.6. The Hall–Kier alpha value is -1.52. The quantitative estimate of drug-likeness (QED) is 0.912. The van der Waals surface area contributed by atoms with Gasteiger partial charge < -0.3 is 10.5 Å². The number of hydrogen-bond donors (Lipinski definition) is 1. The summed E-state index contributed by atoms with van der Waals surface area (Å²) < 4.78 is 7.46. The van der Waals surface area contributed by atoms with Crippen LogP contribution in [0.15, 0.2) is 24.3 Å². The molecule has 0 aliphatic carbocycles. The summed E-state index contributed by atoms with van der Waals surface area (Å²) in [4.78, 5) is 0. The van der Waals surface area contributed by atoms with E-state index in [0.29, 0.717) is 23.2 Å². The smallest absolute Gasteiger partial charge is 0.222 e. The van der Waals surface area contributed by atoms with E-state index in [9.17, 15) is 0 Å². The maximum absolute atomic E-state index is 5.82. The molecule has 0 amide bonds. The molecule has 17 heavy (non-hydrogen) atoms. The number of halogens is 1. The highest BCUT2D eigenvalue weighted by Crippen LogP contribution is 2.27. The number of aromatic nitrogens is 2. The summed E-state index contributed by atoms with van der Waals surface area (Å²) in [6.45, 7) is 2.32. The van der Waals surface area contributed by atoms with Crippen LogP contribution in [0.25, 0.3) is 0 Å². The van der Waals surface area contributed by atoms with E-state index in [4.69, 9.17) is 22.1 Å². The predicted molar refractivity (Wildman–Crippen MR) is 67.4 cm³/mol. The molecule has 5 heteroatoms. The van der Waals surface area contributed by atoms with E-state index >= 15 is 0 Å². The molecule has 1 aromatic heterocycles. The van der Waals surface area contributed by atoms with E-state index < -0.39 is 0 Å². The fourth-order valence-electron chi connectivity index (χ4n) is 1.66. The lowest BCUT2D eigenvalue weighted by atomic mass is 10.2. The molecular weight excluding hydrogens is 238 g/mol. The van der Waals surface area contributed by atoms with Crippen LogP contribution in [0.4, 0.5) is 0 Å². The van der Waals surface area contributed by atoms with Crippen molar-refractivity contribution < 1.29 is 4.74 Å². The van der Waals surface area contributed by atoms with Crippen molar-refractivity contribution in [2.75, 3.05) is 0 Å². The molecule has 0 atom stereocenters. The Morgan fingerprint density at radius 3 is 2.59 bits per heavy atom. The van der Waals surface area contributed by atoms with Crippen molar-refractivity contribution in [2.24, 2.45) is 12.8 Å². The van der Waals surface area contributed by atoms with Gasteiger partial charge in [-0.05, 0) is 31.2 Å². The van der Waals surface area contributed by atoms with Crippen LogP contribution < -0.4 is 10.5 Å². The van der Waals surface area contributed by atoms with E-state index in [1.54, 1.807) is 16.8 Å². The Bertz CT molecular complexity index is 519. The van der Waals surface area contributed by atoms with Gasteiger partial charge in [-0.3, -0.25) is 0 Å². The first-order valence-corrected chi connectivity index (χ1v) is 5.65. The molecule has 0 bridgehead atoms. The van der Waals surface area contributed by atoms with Crippen molar-refractivity contribution in [1.82, 2.24) is 9.78 Å². The Kier molecular flexibility index (Phi) is 3.36. The van der Waals surface area contributed by atoms with Gasteiger partial charge in [0.15, 0.2) is 0 Å². The number of rotatable bonds is 3. The molecule has 0 saturated carbocycles. The Morgan fingerprint density at radius 1 is 1.35 bits per heavy atom. The van der Waals surface area contributed by atoms with Crippen molar-refractivity contribution in [3.63, 3.8) is 0 Å². The zero-order chi connectivity index (χ0) is 12.4. The van der Waals surface area contributed by atoms with Gasteiger partial charge >= 0.3 is 0 Å². The van der Waals surface area contributed by atoms with Gasteiger partial charge in [-0.15, -0.1) is 0 Å². The topological polar surface area (TPSA) is 53.1 Å². The molecule has 2 N–H and O–H groups in total. The van der Waals surface area contributed by atoms with Gasteiger partial charge in [-0.1, -0.05) is 11.6 Å². The highest BCUT2D eigenvalue weighted by atomic mass is 35.5. The lowest BCUT2D eigenvalue weighted by molar-refractivity contribution is 0.426. The third-order valence-electron chi connectivity index (χ3n) is 2.52. The SMILES string of the molecule is Cc1nn(C)c(Oc2ccc(Cl)cc2)c1CN. The van der Waals surface area contributed by atoms with Gasteiger partial charge in [-0.2, -0.15) is 5.10 Å². The summed E-state index contributed by atoms with van der Waals surface area (Å²) in [5.41, 5.74) is 7.49. The van der Waals surface area contributed by atoms with Crippen molar-refractivity contribution >= 4 is 11.6 Å². The third kappa shape index (κ3) is 2.43. The number of aryl methyl sites for hydroxylation is 2. The summed E-state index contributed by atoms with van der Waals surface area (Å²) in [6, 6.07) is 7.18.